The zero-order valence-electron chi connectivity index (χ0n) is 20.4. The summed E-state index contributed by atoms with van der Waals surface area (Å²) in [7, 11) is 3.41. The lowest BCUT2D eigenvalue weighted by Crippen LogP contribution is -2.49. The van der Waals surface area contributed by atoms with Crippen LogP contribution in [-0.2, 0) is 31.5 Å². The van der Waals surface area contributed by atoms with E-state index in [4.69, 9.17) is 16.3 Å². The predicted molar refractivity (Wildman–Crippen MR) is 137 cm³/mol. The number of nitrogens with one attached hydrogen (secondary N) is 1. The number of nitrogens with zero attached hydrogens (tertiary/aromatic N) is 5. The van der Waals surface area contributed by atoms with Gasteiger partial charge >= 0.3 is 0 Å². The number of benzene rings is 1. The Kier molecular flexibility index (Phi) is 6.96. The van der Waals surface area contributed by atoms with Crippen molar-refractivity contribution >= 4 is 29.1 Å². The summed E-state index contributed by atoms with van der Waals surface area (Å²) in [4.78, 5) is 19.7. The highest BCUT2D eigenvalue weighted by molar-refractivity contribution is 6.33. The average Bonchev–Trinajstić information content (AvgIpc) is 3.49. The summed E-state index contributed by atoms with van der Waals surface area (Å²) >= 11 is 6.52. The number of anilines is 2. The molecule has 0 radical (unpaired) electrons. The van der Waals surface area contributed by atoms with E-state index in [1.165, 1.54) is 12.1 Å². The van der Waals surface area contributed by atoms with Crippen molar-refractivity contribution in [3.63, 3.8) is 0 Å². The molecule has 0 fully saturated rings. The first-order valence-corrected chi connectivity index (χ1v) is 12.0. The van der Waals surface area contributed by atoms with Crippen LogP contribution in [0.3, 0.4) is 0 Å². The second kappa shape index (κ2) is 10.3. The summed E-state index contributed by atoms with van der Waals surface area (Å²) in [6.07, 6.45) is 5.16. The molecule has 1 aliphatic heterocycles. The van der Waals surface area contributed by atoms with E-state index in [1.807, 2.05) is 36.0 Å². The second-order valence-corrected chi connectivity index (χ2v) is 9.30. The van der Waals surface area contributed by atoms with E-state index in [2.05, 4.69) is 15.4 Å². The molecule has 0 spiro atoms. The number of methoxy groups -OCH3 is 1. The van der Waals surface area contributed by atoms with Gasteiger partial charge in [-0.15, -0.1) is 0 Å². The minimum absolute atomic E-state index is 0.189. The quantitative estimate of drug-likeness (QED) is 0.362. The van der Waals surface area contributed by atoms with E-state index in [0.717, 1.165) is 16.9 Å². The molecule has 1 atom stereocenters. The maximum atomic E-state index is 13.7. The maximum Gasteiger partial charge on any atom is 0.271 e. The topological polar surface area (TPSA) is 97.4 Å². The third-order valence-corrected chi connectivity index (χ3v) is 6.81. The Bertz CT molecular complexity index is 1450. The largest absolute Gasteiger partial charge is 0.392 e. The van der Waals surface area contributed by atoms with Gasteiger partial charge in [0.2, 0.25) is 0 Å². The number of halogens is 2. The molecule has 11 heteroatoms. The van der Waals surface area contributed by atoms with Crippen molar-refractivity contribution in [2.75, 3.05) is 19.0 Å². The van der Waals surface area contributed by atoms with Gasteiger partial charge in [-0.05, 0) is 35.4 Å². The van der Waals surface area contributed by atoms with Crippen LogP contribution < -0.4 is 5.32 Å². The van der Waals surface area contributed by atoms with Crippen LogP contribution in [0.15, 0.2) is 55.0 Å². The number of aliphatic hydroxyl groups excluding tert-OH is 1. The number of ether oxygens (including phenoxy) is 1. The molecule has 37 heavy (non-hydrogen) atoms. The highest BCUT2D eigenvalue weighted by Crippen LogP contribution is 2.34. The Balaban J connectivity index is 1.47. The van der Waals surface area contributed by atoms with Gasteiger partial charge in [0.25, 0.3) is 5.91 Å². The van der Waals surface area contributed by atoms with Crippen LogP contribution in [0, 0.1) is 5.82 Å². The molecular weight excluding hydrogens is 499 g/mol. The summed E-state index contributed by atoms with van der Waals surface area (Å²) in [6, 6.07) is 9.44. The first-order chi connectivity index (χ1) is 17.9. The number of aromatic nitrogens is 4. The van der Waals surface area contributed by atoms with E-state index in [-0.39, 0.29) is 25.1 Å². The fraction of sp³-hybridized carbons (Fsp3) is 0.269. The summed E-state index contributed by atoms with van der Waals surface area (Å²) in [5.74, 6) is 0.737. The van der Waals surface area contributed by atoms with Crippen molar-refractivity contribution in [1.82, 2.24) is 24.2 Å². The van der Waals surface area contributed by atoms with Crippen molar-refractivity contribution in [2.24, 2.45) is 7.05 Å². The van der Waals surface area contributed by atoms with Gasteiger partial charge in [-0.25, -0.2) is 9.37 Å². The Morgan fingerprint density at radius 3 is 2.81 bits per heavy atom. The van der Waals surface area contributed by atoms with Crippen molar-refractivity contribution in [3.8, 4) is 11.1 Å². The van der Waals surface area contributed by atoms with Gasteiger partial charge in [0, 0.05) is 56.8 Å². The summed E-state index contributed by atoms with van der Waals surface area (Å²) in [6.45, 7) is 0.731. The number of hydrogen-bond acceptors (Lipinski definition) is 6. The fourth-order valence-electron chi connectivity index (χ4n) is 4.60. The molecule has 4 aromatic rings. The first kappa shape index (κ1) is 24.9. The van der Waals surface area contributed by atoms with E-state index in [1.54, 1.807) is 35.2 Å². The molecule has 4 heterocycles. The second-order valence-electron chi connectivity index (χ2n) is 8.89. The van der Waals surface area contributed by atoms with Crippen LogP contribution in [0.5, 0.6) is 0 Å². The van der Waals surface area contributed by atoms with Crippen molar-refractivity contribution in [3.05, 3.63) is 82.6 Å². The van der Waals surface area contributed by atoms with Crippen LogP contribution in [0.2, 0.25) is 5.02 Å². The number of hydrogen-bond donors (Lipinski definition) is 2. The monoisotopic (exact) mass is 524 g/mol. The molecule has 5 rings (SSSR count). The SMILES string of the molecule is COCC1Cn2cc(-c3cc(Nc4ccnn4C)ncc3Cl)cc2C(=O)N1Cc1ccc(F)cc1CO. The number of pyridine rings is 1. The molecule has 0 saturated heterocycles. The van der Waals surface area contributed by atoms with Crippen LogP contribution in [0.1, 0.15) is 21.6 Å². The molecule has 0 aliphatic carbocycles. The molecule has 9 nitrogen and oxygen atoms in total. The number of aryl methyl sites for hydroxylation is 1. The van der Waals surface area contributed by atoms with E-state index in [0.29, 0.717) is 40.8 Å². The zero-order chi connectivity index (χ0) is 26.1. The molecular formula is C26H26ClFN6O3. The van der Waals surface area contributed by atoms with Crippen LogP contribution in [-0.4, -0.2) is 55.0 Å². The van der Waals surface area contributed by atoms with Gasteiger partial charge in [-0.2, -0.15) is 5.10 Å². The summed E-state index contributed by atoms with van der Waals surface area (Å²) < 4.78 is 22.7. The van der Waals surface area contributed by atoms with Crippen LogP contribution in [0.4, 0.5) is 16.0 Å². The van der Waals surface area contributed by atoms with Gasteiger partial charge in [0.1, 0.15) is 23.1 Å². The van der Waals surface area contributed by atoms with Gasteiger partial charge in [-0.1, -0.05) is 17.7 Å². The third kappa shape index (κ3) is 4.95. The highest BCUT2D eigenvalue weighted by atomic mass is 35.5. The smallest absolute Gasteiger partial charge is 0.271 e. The van der Waals surface area contributed by atoms with Gasteiger partial charge in [0.05, 0.1) is 30.5 Å². The zero-order valence-corrected chi connectivity index (χ0v) is 21.1. The lowest BCUT2D eigenvalue weighted by molar-refractivity contribution is 0.0386. The summed E-state index contributed by atoms with van der Waals surface area (Å²) in [5.41, 5.74) is 3.14. The number of aliphatic hydroxyl groups is 1. The maximum absolute atomic E-state index is 13.7. The van der Waals surface area contributed by atoms with Crippen LogP contribution in [0.25, 0.3) is 11.1 Å². The number of carbonyl (C=O) groups excluding carboxylic acids is 1. The average molecular weight is 525 g/mol. The molecule has 1 aliphatic rings. The lowest BCUT2D eigenvalue weighted by atomic mass is 10.0. The molecule has 2 N–H and O–H groups in total. The Morgan fingerprint density at radius 2 is 2.08 bits per heavy atom. The summed E-state index contributed by atoms with van der Waals surface area (Å²) in [5, 5.41) is 17.5. The Labute approximate surface area is 218 Å². The van der Waals surface area contributed by atoms with Crippen LogP contribution >= 0.6 is 11.6 Å². The number of carbonyl (C=O) groups is 1. The molecule has 1 unspecified atom stereocenters. The molecule has 1 amide bonds. The van der Waals surface area contributed by atoms with E-state index < -0.39 is 5.82 Å². The van der Waals surface area contributed by atoms with Gasteiger partial charge in [-0.3, -0.25) is 9.48 Å². The molecule has 192 valence electrons. The lowest BCUT2D eigenvalue weighted by Gasteiger charge is -2.36. The predicted octanol–water partition coefficient (Wildman–Crippen LogP) is 3.98. The molecule has 0 saturated carbocycles. The standard InChI is InChI=1S/C26H26ClFN6O3/c1-32-25(5-6-30-32)31-24-9-21(22(27)10-29-24)17-8-23-26(36)34(20(15-37-2)13-33(23)11-17)12-16-3-4-19(28)7-18(16)14-35/h3-11,20,35H,12-15H2,1-2H3,(H,29,31). The minimum Gasteiger partial charge on any atom is -0.392 e. The number of rotatable bonds is 8. The normalized spacial score (nSPS) is 15.2. The van der Waals surface area contributed by atoms with Crippen molar-refractivity contribution < 1.29 is 19.0 Å². The molecule has 0 bridgehead atoms. The van der Waals surface area contributed by atoms with E-state index >= 15 is 0 Å². The Hall–Kier alpha value is -3.73. The fourth-order valence-corrected chi connectivity index (χ4v) is 4.81. The first-order valence-electron chi connectivity index (χ1n) is 11.7. The van der Waals surface area contributed by atoms with Crippen molar-refractivity contribution in [2.45, 2.75) is 25.7 Å². The minimum atomic E-state index is -0.434. The number of amides is 1. The molecule has 3 aromatic heterocycles. The Morgan fingerprint density at radius 1 is 1.24 bits per heavy atom. The third-order valence-electron chi connectivity index (χ3n) is 6.51. The number of fused-ring (bicyclic) bond motifs is 1. The molecule has 1 aromatic carbocycles. The van der Waals surface area contributed by atoms with Gasteiger partial charge in [0.15, 0.2) is 0 Å². The van der Waals surface area contributed by atoms with E-state index in [9.17, 15) is 14.3 Å². The van der Waals surface area contributed by atoms with Crippen molar-refractivity contribution in [1.29, 1.82) is 0 Å². The van der Waals surface area contributed by atoms with Gasteiger partial charge < -0.3 is 24.6 Å². The highest BCUT2D eigenvalue weighted by Gasteiger charge is 2.33.